The lowest BCUT2D eigenvalue weighted by atomic mass is 10.0. The average molecular weight is 255 g/mol. The van der Waals surface area contributed by atoms with Gasteiger partial charge in [0.25, 0.3) is 0 Å². The van der Waals surface area contributed by atoms with Gasteiger partial charge in [0.15, 0.2) is 0 Å². The SMILES string of the molecule is NC(=O)C1=CC(c2ccc(C(=O)O)cc2)=CCC=C1. The minimum atomic E-state index is -0.962. The molecule has 19 heavy (non-hydrogen) atoms. The Morgan fingerprint density at radius 1 is 1.16 bits per heavy atom. The lowest BCUT2D eigenvalue weighted by Crippen LogP contribution is -2.12. The van der Waals surface area contributed by atoms with Crippen molar-refractivity contribution in [2.75, 3.05) is 0 Å². The molecule has 0 saturated heterocycles. The normalized spacial score (nSPS) is 14.3. The van der Waals surface area contributed by atoms with E-state index in [1.807, 2.05) is 12.2 Å². The Morgan fingerprint density at radius 2 is 1.84 bits per heavy atom. The number of hydrogen-bond acceptors (Lipinski definition) is 2. The van der Waals surface area contributed by atoms with Gasteiger partial charge in [-0.15, -0.1) is 0 Å². The van der Waals surface area contributed by atoms with Gasteiger partial charge in [-0.3, -0.25) is 4.79 Å². The van der Waals surface area contributed by atoms with E-state index in [9.17, 15) is 9.59 Å². The van der Waals surface area contributed by atoms with Gasteiger partial charge in [0.2, 0.25) is 5.91 Å². The fourth-order valence-electron chi connectivity index (χ4n) is 1.82. The molecule has 1 aromatic carbocycles. The third kappa shape index (κ3) is 2.98. The van der Waals surface area contributed by atoms with E-state index in [0.717, 1.165) is 11.1 Å². The molecule has 4 heteroatoms. The molecule has 4 nitrogen and oxygen atoms in total. The zero-order valence-corrected chi connectivity index (χ0v) is 10.2. The summed E-state index contributed by atoms with van der Waals surface area (Å²) in [6.07, 6.45) is 7.92. The predicted molar refractivity (Wildman–Crippen MR) is 72.4 cm³/mol. The third-order valence-electron chi connectivity index (χ3n) is 2.83. The highest BCUT2D eigenvalue weighted by atomic mass is 16.4. The standard InChI is InChI=1S/C15H13NO3/c16-14(17)13-4-2-1-3-12(9-13)10-5-7-11(8-6-10)15(18)19/h2-9H,1H2,(H2,16,17)(H,18,19). The van der Waals surface area contributed by atoms with E-state index in [1.165, 1.54) is 12.1 Å². The van der Waals surface area contributed by atoms with Crippen LogP contribution < -0.4 is 5.73 Å². The summed E-state index contributed by atoms with van der Waals surface area (Å²) in [5.41, 5.74) is 7.66. The molecule has 0 aliphatic heterocycles. The number of nitrogens with two attached hydrogens (primary N) is 1. The molecule has 2 rings (SSSR count). The molecule has 0 heterocycles. The van der Waals surface area contributed by atoms with Gasteiger partial charge < -0.3 is 10.8 Å². The Hall–Kier alpha value is -2.62. The lowest BCUT2D eigenvalue weighted by Gasteiger charge is -2.04. The van der Waals surface area contributed by atoms with Crippen LogP contribution >= 0.6 is 0 Å². The summed E-state index contributed by atoms with van der Waals surface area (Å²) < 4.78 is 0. The summed E-state index contributed by atoms with van der Waals surface area (Å²) in [5.74, 6) is -1.44. The van der Waals surface area contributed by atoms with Crippen molar-refractivity contribution in [2.24, 2.45) is 5.73 Å². The maximum absolute atomic E-state index is 11.2. The number of rotatable bonds is 3. The molecule has 0 radical (unpaired) electrons. The van der Waals surface area contributed by atoms with Crippen LogP contribution in [0.2, 0.25) is 0 Å². The van der Waals surface area contributed by atoms with Crippen LogP contribution in [0.5, 0.6) is 0 Å². The van der Waals surface area contributed by atoms with E-state index in [0.29, 0.717) is 12.0 Å². The summed E-state index contributed by atoms with van der Waals surface area (Å²) in [5, 5.41) is 8.85. The number of allylic oxidation sites excluding steroid dienone is 4. The first-order valence-electron chi connectivity index (χ1n) is 5.80. The molecule has 1 aromatic rings. The predicted octanol–water partition coefficient (Wildman–Crippen LogP) is 2.14. The van der Waals surface area contributed by atoms with Gasteiger partial charge in [0, 0.05) is 5.57 Å². The topological polar surface area (TPSA) is 80.4 Å². The zero-order valence-electron chi connectivity index (χ0n) is 10.2. The Balaban J connectivity index is 2.35. The third-order valence-corrected chi connectivity index (χ3v) is 2.83. The van der Waals surface area contributed by atoms with E-state index in [-0.39, 0.29) is 5.56 Å². The number of carbonyl (C=O) groups excluding carboxylic acids is 1. The van der Waals surface area contributed by atoms with E-state index < -0.39 is 11.9 Å². The van der Waals surface area contributed by atoms with Crippen molar-refractivity contribution < 1.29 is 14.7 Å². The van der Waals surface area contributed by atoms with E-state index in [1.54, 1.807) is 24.3 Å². The monoisotopic (exact) mass is 255 g/mol. The maximum Gasteiger partial charge on any atom is 0.335 e. The molecule has 1 aliphatic rings. The quantitative estimate of drug-likeness (QED) is 0.868. The lowest BCUT2D eigenvalue weighted by molar-refractivity contribution is -0.114. The van der Waals surface area contributed by atoms with Gasteiger partial charge in [0.1, 0.15) is 0 Å². The second-order valence-electron chi connectivity index (χ2n) is 4.14. The average Bonchev–Trinajstić information content (AvgIpc) is 2.64. The first kappa shape index (κ1) is 12.8. The fourth-order valence-corrected chi connectivity index (χ4v) is 1.82. The second-order valence-corrected chi connectivity index (χ2v) is 4.14. The fraction of sp³-hybridized carbons (Fsp3) is 0.0667. The summed E-state index contributed by atoms with van der Waals surface area (Å²) in [4.78, 5) is 22.0. The van der Waals surface area contributed by atoms with Crippen LogP contribution in [0.1, 0.15) is 22.3 Å². The van der Waals surface area contributed by atoms with Crippen molar-refractivity contribution >= 4 is 17.4 Å². The number of aromatic carboxylic acids is 1. The Bertz CT molecular complexity index is 607. The molecule has 0 spiro atoms. The van der Waals surface area contributed by atoms with Crippen LogP contribution in [0, 0.1) is 0 Å². The molecule has 3 N–H and O–H groups in total. The molecule has 0 atom stereocenters. The minimum Gasteiger partial charge on any atom is -0.478 e. The van der Waals surface area contributed by atoms with Crippen LogP contribution in [-0.4, -0.2) is 17.0 Å². The molecule has 1 aliphatic carbocycles. The van der Waals surface area contributed by atoms with Crippen LogP contribution in [0.4, 0.5) is 0 Å². The van der Waals surface area contributed by atoms with Gasteiger partial charge >= 0.3 is 5.97 Å². The van der Waals surface area contributed by atoms with Gasteiger partial charge in [-0.25, -0.2) is 4.79 Å². The van der Waals surface area contributed by atoms with E-state index in [4.69, 9.17) is 10.8 Å². The van der Waals surface area contributed by atoms with Crippen LogP contribution in [0.25, 0.3) is 5.57 Å². The highest BCUT2D eigenvalue weighted by molar-refractivity contribution is 5.98. The largest absolute Gasteiger partial charge is 0.478 e. The molecule has 0 bridgehead atoms. The van der Waals surface area contributed by atoms with Gasteiger partial charge in [-0.1, -0.05) is 30.4 Å². The first-order chi connectivity index (χ1) is 9.08. The van der Waals surface area contributed by atoms with Crippen LogP contribution in [0.15, 0.2) is 54.1 Å². The van der Waals surface area contributed by atoms with E-state index in [2.05, 4.69) is 0 Å². The smallest absolute Gasteiger partial charge is 0.335 e. The van der Waals surface area contributed by atoms with Crippen molar-refractivity contribution in [1.82, 2.24) is 0 Å². The van der Waals surface area contributed by atoms with Crippen molar-refractivity contribution in [2.45, 2.75) is 6.42 Å². The molecule has 0 saturated carbocycles. The molecular formula is C15H13NO3. The van der Waals surface area contributed by atoms with Crippen molar-refractivity contribution in [1.29, 1.82) is 0 Å². The zero-order chi connectivity index (χ0) is 13.8. The summed E-state index contributed by atoms with van der Waals surface area (Å²) in [6, 6.07) is 6.51. The van der Waals surface area contributed by atoms with Crippen LogP contribution in [0.3, 0.4) is 0 Å². The van der Waals surface area contributed by atoms with Gasteiger partial charge in [-0.05, 0) is 35.8 Å². The van der Waals surface area contributed by atoms with Crippen molar-refractivity contribution in [3.05, 3.63) is 65.3 Å². The number of hydrogen-bond donors (Lipinski definition) is 2. The summed E-state index contributed by atoms with van der Waals surface area (Å²) in [7, 11) is 0. The summed E-state index contributed by atoms with van der Waals surface area (Å²) in [6.45, 7) is 0. The molecule has 1 amide bonds. The molecule has 0 unspecified atom stereocenters. The molecule has 0 fully saturated rings. The number of carbonyl (C=O) groups is 2. The number of primary amides is 1. The van der Waals surface area contributed by atoms with Crippen molar-refractivity contribution in [3.8, 4) is 0 Å². The molecule has 0 aromatic heterocycles. The Morgan fingerprint density at radius 3 is 2.42 bits per heavy atom. The van der Waals surface area contributed by atoms with Gasteiger partial charge in [0.05, 0.1) is 5.56 Å². The number of amides is 1. The second kappa shape index (κ2) is 5.35. The molecule has 96 valence electrons. The van der Waals surface area contributed by atoms with Crippen LogP contribution in [-0.2, 0) is 4.79 Å². The summed E-state index contributed by atoms with van der Waals surface area (Å²) >= 11 is 0. The minimum absolute atomic E-state index is 0.232. The highest BCUT2D eigenvalue weighted by Gasteiger charge is 2.08. The molecular weight excluding hydrogens is 242 g/mol. The maximum atomic E-state index is 11.2. The number of benzene rings is 1. The Labute approximate surface area is 110 Å². The van der Waals surface area contributed by atoms with Crippen molar-refractivity contribution in [3.63, 3.8) is 0 Å². The number of carboxylic acid groups (broad SMARTS) is 1. The van der Waals surface area contributed by atoms with E-state index >= 15 is 0 Å². The Kier molecular flexibility index (Phi) is 3.61. The highest BCUT2D eigenvalue weighted by Crippen LogP contribution is 2.22. The van der Waals surface area contributed by atoms with Gasteiger partial charge in [-0.2, -0.15) is 0 Å². The first-order valence-corrected chi connectivity index (χ1v) is 5.80. The number of carboxylic acids is 1.